The van der Waals surface area contributed by atoms with Crippen LogP contribution in [0.25, 0.3) is 0 Å². The molecule has 2 rings (SSSR count). The molecule has 1 aliphatic heterocycles. The number of nitrogens with one attached hydrogen (secondary N) is 1. The van der Waals surface area contributed by atoms with Crippen molar-refractivity contribution in [3.63, 3.8) is 0 Å². The number of hydrogen-bond acceptors (Lipinski definition) is 4. The van der Waals surface area contributed by atoms with Crippen molar-refractivity contribution in [2.75, 3.05) is 30.4 Å². The highest BCUT2D eigenvalue weighted by atomic mass is 15.2. The molecule has 1 aromatic rings. The van der Waals surface area contributed by atoms with Crippen LogP contribution in [0.1, 0.15) is 31.9 Å². The van der Waals surface area contributed by atoms with Gasteiger partial charge in [0.25, 0.3) is 0 Å². The molecule has 1 fully saturated rings. The van der Waals surface area contributed by atoms with E-state index in [4.69, 9.17) is 0 Å². The Balaban J connectivity index is 2.18. The smallest absolute Gasteiger partial charge is 0.224 e. The van der Waals surface area contributed by atoms with Gasteiger partial charge in [0.1, 0.15) is 5.82 Å². The number of aryl methyl sites for hydroxylation is 1. The van der Waals surface area contributed by atoms with Crippen LogP contribution in [0.3, 0.4) is 0 Å². The molecule has 0 bridgehead atoms. The lowest BCUT2D eigenvalue weighted by Gasteiger charge is -2.33. The molecule has 17 heavy (non-hydrogen) atoms. The lowest BCUT2D eigenvalue weighted by atomic mass is 9.96. The number of anilines is 2. The average Bonchev–Trinajstić information content (AvgIpc) is 2.38. The van der Waals surface area contributed by atoms with Crippen molar-refractivity contribution in [3.8, 4) is 0 Å². The van der Waals surface area contributed by atoms with Gasteiger partial charge in [0.2, 0.25) is 5.95 Å². The Labute approximate surface area is 103 Å². The van der Waals surface area contributed by atoms with Crippen LogP contribution in [0.15, 0.2) is 6.07 Å². The molecule has 0 saturated carbocycles. The van der Waals surface area contributed by atoms with Crippen LogP contribution in [0.5, 0.6) is 0 Å². The fraction of sp³-hybridized carbons (Fsp3) is 0.692. The molecule has 0 amide bonds. The summed E-state index contributed by atoms with van der Waals surface area (Å²) < 4.78 is 0. The Kier molecular flexibility index (Phi) is 3.82. The number of hydrogen-bond donors (Lipinski definition) is 1. The molecule has 1 atom stereocenters. The largest absolute Gasteiger partial charge is 0.357 e. The van der Waals surface area contributed by atoms with Crippen LogP contribution in [0, 0.1) is 12.8 Å². The third-order valence-corrected chi connectivity index (χ3v) is 3.48. The fourth-order valence-corrected chi connectivity index (χ4v) is 2.43. The molecule has 1 saturated heterocycles. The summed E-state index contributed by atoms with van der Waals surface area (Å²) in [7, 11) is 1.86. The summed E-state index contributed by atoms with van der Waals surface area (Å²) in [6.07, 6.45) is 3.89. The van der Waals surface area contributed by atoms with Crippen molar-refractivity contribution >= 4 is 11.8 Å². The van der Waals surface area contributed by atoms with E-state index < -0.39 is 0 Å². The second-order valence-electron chi connectivity index (χ2n) is 4.80. The van der Waals surface area contributed by atoms with Gasteiger partial charge in [-0.15, -0.1) is 0 Å². The van der Waals surface area contributed by atoms with E-state index in [9.17, 15) is 0 Å². The quantitative estimate of drug-likeness (QED) is 0.872. The zero-order valence-electron chi connectivity index (χ0n) is 11.0. The SMILES string of the molecule is CCC1CCCN(c2cc(C)nc(NC)n2)C1. The van der Waals surface area contributed by atoms with Gasteiger partial charge in [-0.2, -0.15) is 4.98 Å². The predicted octanol–water partition coefficient (Wildman–Crippen LogP) is 2.45. The molecule has 1 aromatic heterocycles. The van der Waals surface area contributed by atoms with Crippen molar-refractivity contribution in [3.05, 3.63) is 11.8 Å². The highest BCUT2D eigenvalue weighted by Crippen LogP contribution is 2.24. The minimum absolute atomic E-state index is 0.721. The van der Waals surface area contributed by atoms with Gasteiger partial charge in [-0.1, -0.05) is 13.3 Å². The Bertz CT molecular complexity index is 378. The molecule has 1 aliphatic rings. The molecule has 2 heterocycles. The van der Waals surface area contributed by atoms with E-state index in [1.165, 1.54) is 19.3 Å². The molecule has 4 nitrogen and oxygen atoms in total. The van der Waals surface area contributed by atoms with Gasteiger partial charge in [0.15, 0.2) is 0 Å². The lowest BCUT2D eigenvalue weighted by Crippen LogP contribution is -2.35. The van der Waals surface area contributed by atoms with Crippen LogP contribution in [-0.4, -0.2) is 30.1 Å². The van der Waals surface area contributed by atoms with E-state index in [1.54, 1.807) is 0 Å². The summed E-state index contributed by atoms with van der Waals surface area (Å²) >= 11 is 0. The van der Waals surface area contributed by atoms with Crippen LogP contribution in [0.4, 0.5) is 11.8 Å². The first-order valence-electron chi connectivity index (χ1n) is 6.51. The van der Waals surface area contributed by atoms with Crippen molar-refractivity contribution in [1.29, 1.82) is 0 Å². The van der Waals surface area contributed by atoms with Crippen LogP contribution in [-0.2, 0) is 0 Å². The zero-order valence-corrected chi connectivity index (χ0v) is 11.0. The van der Waals surface area contributed by atoms with Gasteiger partial charge in [-0.05, 0) is 25.7 Å². The summed E-state index contributed by atoms with van der Waals surface area (Å²) in [5, 5.41) is 3.02. The van der Waals surface area contributed by atoms with Crippen molar-refractivity contribution < 1.29 is 0 Å². The highest BCUT2D eigenvalue weighted by molar-refractivity contribution is 5.44. The zero-order chi connectivity index (χ0) is 12.3. The first-order chi connectivity index (χ1) is 8.22. The topological polar surface area (TPSA) is 41.1 Å². The maximum atomic E-state index is 4.55. The van der Waals surface area contributed by atoms with E-state index in [1.807, 2.05) is 14.0 Å². The normalized spacial score (nSPS) is 20.4. The molecule has 0 aliphatic carbocycles. The third kappa shape index (κ3) is 2.87. The molecule has 0 spiro atoms. The Morgan fingerprint density at radius 2 is 2.29 bits per heavy atom. The molecule has 4 heteroatoms. The van der Waals surface area contributed by atoms with Crippen molar-refractivity contribution in [2.24, 2.45) is 5.92 Å². The first kappa shape index (κ1) is 12.1. The molecule has 0 aromatic carbocycles. The highest BCUT2D eigenvalue weighted by Gasteiger charge is 2.20. The second kappa shape index (κ2) is 5.34. The van der Waals surface area contributed by atoms with Gasteiger partial charge in [-0.3, -0.25) is 0 Å². The van der Waals surface area contributed by atoms with Crippen LogP contribution in [0.2, 0.25) is 0 Å². The molecular formula is C13H22N4. The predicted molar refractivity (Wildman–Crippen MR) is 71.5 cm³/mol. The summed E-state index contributed by atoms with van der Waals surface area (Å²) in [6.45, 7) is 6.55. The van der Waals surface area contributed by atoms with Gasteiger partial charge < -0.3 is 10.2 Å². The van der Waals surface area contributed by atoms with Gasteiger partial charge in [0, 0.05) is 31.9 Å². The molecular weight excluding hydrogens is 212 g/mol. The van der Waals surface area contributed by atoms with Gasteiger partial charge in [0.05, 0.1) is 0 Å². The Morgan fingerprint density at radius 3 is 3.00 bits per heavy atom. The number of rotatable bonds is 3. The third-order valence-electron chi connectivity index (χ3n) is 3.48. The molecule has 1 unspecified atom stereocenters. The fourth-order valence-electron chi connectivity index (χ4n) is 2.43. The number of piperidine rings is 1. The minimum Gasteiger partial charge on any atom is -0.357 e. The van der Waals surface area contributed by atoms with Gasteiger partial charge in [-0.25, -0.2) is 4.98 Å². The molecule has 94 valence electrons. The summed E-state index contributed by atoms with van der Waals surface area (Å²) in [5.74, 6) is 2.61. The summed E-state index contributed by atoms with van der Waals surface area (Å²) in [4.78, 5) is 11.3. The van der Waals surface area contributed by atoms with E-state index in [0.29, 0.717) is 0 Å². The van der Waals surface area contributed by atoms with Gasteiger partial charge >= 0.3 is 0 Å². The summed E-state index contributed by atoms with van der Waals surface area (Å²) in [5.41, 5.74) is 1.03. The standard InChI is InChI=1S/C13H22N4/c1-4-11-6-5-7-17(9-11)12-8-10(2)15-13(14-3)16-12/h8,11H,4-7,9H2,1-3H3,(H,14,15,16). The maximum absolute atomic E-state index is 4.55. The van der Waals surface area contributed by atoms with Crippen LogP contribution < -0.4 is 10.2 Å². The second-order valence-corrected chi connectivity index (χ2v) is 4.80. The van der Waals surface area contributed by atoms with E-state index in [0.717, 1.165) is 36.5 Å². The summed E-state index contributed by atoms with van der Waals surface area (Å²) in [6, 6.07) is 2.08. The van der Waals surface area contributed by atoms with Crippen molar-refractivity contribution in [1.82, 2.24) is 9.97 Å². The lowest BCUT2D eigenvalue weighted by molar-refractivity contribution is 0.403. The van der Waals surface area contributed by atoms with Crippen molar-refractivity contribution in [2.45, 2.75) is 33.1 Å². The minimum atomic E-state index is 0.721. The number of nitrogens with zero attached hydrogens (tertiary/aromatic N) is 3. The first-order valence-corrected chi connectivity index (χ1v) is 6.51. The van der Waals surface area contributed by atoms with E-state index >= 15 is 0 Å². The molecule has 1 N–H and O–H groups in total. The molecule has 0 radical (unpaired) electrons. The van der Waals surface area contributed by atoms with E-state index in [2.05, 4.69) is 33.2 Å². The average molecular weight is 234 g/mol. The Hall–Kier alpha value is -1.32. The number of aromatic nitrogens is 2. The Morgan fingerprint density at radius 1 is 1.47 bits per heavy atom. The maximum Gasteiger partial charge on any atom is 0.224 e. The van der Waals surface area contributed by atoms with E-state index in [-0.39, 0.29) is 0 Å². The van der Waals surface area contributed by atoms with Crippen LogP contribution >= 0.6 is 0 Å². The monoisotopic (exact) mass is 234 g/mol.